The predicted octanol–water partition coefficient (Wildman–Crippen LogP) is 13.4. The molecule has 1 heterocycles. The largest absolute Gasteiger partial charge is 0.335 e. The molecular formula is C41H72N2. The molecule has 2 aromatic rings. The number of aryl methyl sites for hydroxylation is 4. The van der Waals surface area contributed by atoms with Gasteiger partial charge in [-0.1, -0.05) is 192 Å². The molecule has 0 atom stereocenters. The highest BCUT2D eigenvalue weighted by Crippen LogP contribution is 2.17. The van der Waals surface area contributed by atoms with Gasteiger partial charge in [0.15, 0.2) is 0 Å². The van der Waals surface area contributed by atoms with Gasteiger partial charge in [-0.05, 0) is 37.7 Å². The summed E-state index contributed by atoms with van der Waals surface area (Å²) in [4.78, 5) is 5.17. The molecule has 0 saturated carbocycles. The molecule has 2 rings (SSSR count). The number of benzene rings is 1. The van der Waals surface area contributed by atoms with Crippen molar-refractivity contribution in [3.8, 4) is 0 Å². The molecular weight excluding hydrogens is 520 g/mol. The molecule has 0 fully saturated rings. The lowest BCUT2D eigenvalue weighted by atomic mass is 10.0. The van der Waals surface area contributed by atoms with Crippen molar-refractivity contribution in [3.05, 3.63) is 53.6 Å². The highest BCUT2D eigenvalue weighted by atomic mass is 15.1. The van der Waals surface area contributed by atoms with Crippen LogP contribution in [0.2, 0.25) is 0 Å². The summed E-state index contributed by atoms with van der Waals surface area (Å²) in [7, 11) is 0. The minimum absolute atomic E-state index is 1.10. The highest BCUT2D eigenvalue weighted by Gasteiger charge is 2.09. The first-order chi connectivity index (χ1) is 21.3. The molecule has 0 amide bonds. The Morgan fingerprint density at radius 2 is 0.884 bits per heavy atom. The van der Waals surface area contributed by atoms with Crippen molar-refractivity contribution >= 4 is 0 Å². The van der Waals surface area contributed by atoms with E-state index in [1.165, 1.54) is 184 Å². The summed E-state index contributed by atoms with van der Waals surface area (Å²) in [6, 6.07) is 10.9. The Morgan fingerprint density at radius 3 is 1.37 bits per heavy atom. The van der Waals surface area contributed by atoms with Crippen LogP contribution in [0.1, 0.15) is 198 Å². The van der Waals surface area contributed by atoms with Crippen LogP contribution in [0, 0.1) is 0 Å². The first-order valence-corrected chi connectivity index (χ1v) is 19.4. The lowest BCUT2D eigenvalue weighted by molar-refractivity contribution is 0.517. The Morgan fingerprint density at radius 1 is 0.442 bits per heavy atom. The molecule has 0 N–H and O–H groups in total. The average molecular weight is 593 g/mol. The lowest BCUT2D eigenvalue weighted by Crippen LogP contribution is -2.03. The van der Waals surface area contributed by atoms with Crippen LogP contribution in [-0.4, -0.2) is 9.55 Å². The second kappa shape index (κ2) is 27.9. The molecule has 0 bridgehead atoms. The van der Waals surface area contributed by atoms with Crippen LogP contribution in [0.25, 0.3) is 0 Å². The van der Waals surface area contributed by atoms with Gasteiger partial charge in [0.1, 0.15) is 5.82 Å². The molecule has 1 aromatic carbocycles. The van der Waals surface area contributed by atoms with Gasteiger partial charge in [0.2, 0.25) is 0 Å². The van der Waals surface area contributed by atoms with Crippen LogP contribution in [0.3, 0.4) is 0 Å². The first-order valence-electron chi connectivity index (χ1n) is 19.4. The number of aromatic nitrogens is 2. The highest BCUT2D eigenvalue weighted by molar-refractivity contribution is 5.15. The monoisotopic (exact) mass is 593 g/mol. The number of nitrogens with zero attached hydrogens (tertiary/aromatic N) is 2. The van der Waals surface area contributed by atoms with Gasteiger partial charge in [0, 0.05) is 19.2 Å². The van der Waals surface area contributed by atoms with Gasteiger partial charge in [-0.15, -0.1) is 0 Å². The molecule has 0 aliphatic carbocycles. The maximum atomic E-state index is 5.17. The third kappa shape index (κ3) is 20.9. The quantitative estimate of drug-likeness (QED) is 0.0796. The van der Waals surface area contributed by atoms with E-state index < -0.39 is 0 Å². The van der Waals surface area contributed by atoms with E-state index in [1.54, 1.807) is 0 Å². The molecule has 2 heteroatoms. The standard InChI is InChI=1S/C41H72N2/c1-3-5-7-9-11-13-15-17-18-20-22-24-29-36-41-42-40(35-31-34-39-32-27-26-28-33-39)38-43(41)37-30-25-23-21-19-16-14-12-10-8-6-4-2/h26-28,32-33,38H,3-25,29-31,34-37H2,1-2H3. The minimum atomic E-state index is 1.10. The fraction of sp³-hybridized carbons (Fsp3) is 0.780. The molecule has 43 heavy (non-hydrogen) atoms. The van der Waals surface area contributed by atoms with Crippen LogP contribution in [0.4, 0.5) is 0 Å². The summed E-state index contributed by atoms with van der Waals surface area (Å²) >= 11 is 0. The zero-order valence-electron chi connectivity index (χ0n) is 29.1. The van der Waals surface area contributed by atoms with Gasteiger partial charge in [0.25, 0.3) is 0 Å². The molecule has 0 spiro atoms. The summed E-state index contributed by atoms with van der Waals surface area (Å²) in [5, 5.41) is 0. The second-order valence-electron chi connectivity index (χ2n) is 13.6. The molecule has 0 aliphatic heterocycles. The fourth-order valence-corrected chi connectivity index (χ4v) is 6.57. The SMILES string of the molecule is CCCCCCCCCCCCCCCc1nc(CCCc2ccccc2)cn1CCCCCCCCCCCCCC. The van der Waals surface area contributed by atoms with Gasteiger partial charge >= 0.3 is 0 Å². The van der Waals surface area contributed by atoms with Crippen molar-refractivity contribution in [1.82, 2.24) is 9.55 Å². The lowest BCUT2D eigenvalue weighted by Gasteiger charge is -2.08. The Hall–Kier alpha value is -1.57. The number of imidazole rings is 1. The molecule has 0 saturated heterocycles. The van der Waals surface area contributed by atoms with E-state index in [9.17, 15) is 0 Å². The van der Waals surface area contributed by atoms with Gasteiger partial charge in [-0.25, -0.2) is 4.98 Å². The van der Waals surface area contributed by atoms with E-state index in [2.05, 4.69) is 54.9 Å². The molecule has 2 nitrogen and oxygen atoms in total. The number of hydrogen-bond donors (Lipinski definition) is 0. The molecule has 246 valence electrons. The summed E-state index contributed by atoms with van der Waals surface area (Å²) < 4.78 is 2.54. The van der Waals surface area contributed by atoms with E-state index in [-0.39, 0.29) is 0 Å². The topological polar surface area (TPSA) is 17.8 Å². The molecule has 0 unspecified atom stereocenters. The third-order valence-corrected chi connectivity index (χ3v) is 9.41. The number of rotatable bonds is 31. The Bertz CT molecular complexity index is 839. The van der Waals surface area contributed by atoms with Crippen LogP contribution in [-0.2, 0) is 25.8 Å². The fourth-order valence-electron chi connectivity index (χ4n) is 6.57. The van der Waals surface area contributed by atoms with Crippen molar-refractivity contribution in [1.29, 1.82) is 0 Å². The smallest absolute Gasteiger partial charge is 0.108 e. The number of hydrogen-bond acceptors (Lipinski definition) is 1. The van der Waals surface area contributed by atoms with E-state index >= 15 is 0 Å². The third-order valence-electron chi connectivity index (χ3n) is 9.41. The van der Waals surface area contributed by atoms with Gasteiger partial charge in [-0.2, -0.15) is 0 Å². The Balaban J connectivity index is 1.62. The average Bonchev–Trinajstić information content (AvgIpc) is 3.41. The van der Waals surface area contributed by atoms with Crippen molar-refractivity contribution in [2.24, 2.45) is 0 Å². The Kier molecular flexibility index (Phi) is 24.4. The number of unbranched alkanes of at least 4 members (excludes halogenated alkanes) is 23. The second-order valence-corrected chi connectivity index (χ2v) is 13.6. The zero-order valence-corrected chi connectivity index (χ0v) is 29.1. The van der Waals surface area contributed by atoms with Crippen LogP contribution in [0.15, 0.2) is 36.5 Å². The van der Waals surface area contributed by atoms with E-state index in [0.717, 1.165) is 25.8 Å². The summed E-state index contributed by atoms with van der Waals surface area (Å²) in [6.07, 6.45) is 42.4. The first kappa shape index (κ1) is 37.6. The Labute approximate surface area is 269 Å². The van der Waals surface area contributed by atoms with Crippen LogP contribution in [0.5, 0.6) is 0 Å². The summed E-state index contributed by atoms with van der Waals surface area (Å²) in [5.74, 6) is 1.36. The van der Waals surface area contributed by atoms with Crippen molar-refractivity contribution < 1.29 is 0 Å². The summed E-state index contributed by atoms with van der Waals surface area (Å²) in [6.45, 7) is 5.78. The van der Waals surface area contributed by atoms with E-state index in [1.807, 2.05) is 0 Å². The van der Waals surface area contributed by atoms with Gasteiger partial charge in [-0.3, -0.25) is 0 Å². The zero-order chi connectivity index (χ0) is 30.5. The van der Waals surface area contributed by atoms with Crippen LogP contribution >= 0.6 is 0 Å². The molecule has 0 aliphatic rings. The van der Waals surface area contributed by atoms with Crippen molar-refractivity contribution in [2.75, 3.05) is 0 Å². The van der Waals surface area contributed by atoms with Crippen molar-refractivity contribution in [2.45, 2.75) is 207 Å². The maximum Gasteiger partial charge on any atom is 0.108 e. The normalized spacial score (nSPS) is 11.5. The van der Waals surface area contributed by atoms with Crippen LogP contribution < -0.4 is 0 Å². The predicted molar refractivity (Wildman–Crippen MR) is 191 cm³/mol. The van der Waals surface area contributed by atoms with Gasteiger partial charge in [0.05, 0.1) is 5.69 Å². The molecule has 0 radical (unpaired) electrons. The molecule has 1 aromatic heterocycles. The maximum absolute atomic E-state index is 5.17. The van der Waals surface area contributed by atoms with Crippen molar-refractivity contribution in [3.63, 3.8) is 0 Å². The van der Waals surface area contributed by atoms with E-state index in [0.29, 0.717) is 0 Å². The van der Waals surface area contributed by atoms with Gasteiger partial charge < -0.3 is 4.57 Å². The van der Waals surface area contributed by atoms with E-state index in [4.69, 9.17) is 4.98 Å². The minimum Gasteiger partial charge on any atom is -0.335 e. The summed E-state index contributed by atoms with van der Waals surface area (Å²) in [5.41, 5.74) is 2.77.